The second-order valence-corrected chi connectivity index (χ2v) is 5.65. The van der Waals surface area contributed by atoms with E-state index in [1.54, 1.807) is 0 Å². The molecule has 2 aliphatic rings. The molecule has 2 aliphatic heterocycles. The summed E-state index contributed by atoms with van der Waals surface area (Å²) in [5.74, 6) is 1.70. The number of ether oxygens (including phenoxy) is 1. The molecule has 0 unspecified atom stereocenters. The lowest BCUT2D eigenvalue weighted by Crippen LogP contribution is -2.40. The van der Waals surface area contributed by atoms with Gasteiger partial charge in [0.15, 0.2) is 0 Å². The maximum atomic E-state index is 5.97. The molecule has 1 aromatic carbocycles. The highest BCUT2D eigenvalue weighted by Gasteiger charge is 2.23. The molecule has 1 fully saturated rings. The summed E-state index contributed by atoms with van der Waals surface area (Å²) in [6.07, 6.45) is 3.89. The highest BCUT2D eigenvalue weighted by atomic mass is 16.5. The minimum Gasteiger partial charge on any atom is -0.488 e. The van der Waals surface area contributed by atoms with Gasteiger partial charge in [-0.25, -0.2) is 9.97 Å². The number of nitrogens with zero attached hydrogens (tertiary/aromatic N) is 3. The monoisotopic (exact) mass is 282 g/mol. The summed E-state index contributed by atoms with van der Waals surface area (Å²) in [5, 5.41) is 0. The van der Waals surface area contributed by atoms with Crippen molar-refractivity contribution in [2.75, 3.05) is 18.0 Å². The summed E-state index contributed by atoms with van der Waals surface area (Å²) >= 11 is 0. The molecule has 0 spiro atoms. The van der Waals surface area contributed by atoms with Crippen molar-refractivity contribution < 1.29 is 4.74 Å². The van der Waals surface area contributed by atoms with E-state index in [1.807, 2.05) is 24.4 Å². The van der Waals surface area contributed by atoms with Crippen molar-refractivity contribution in [3.63, 3.8) is 0 Å². The number of para-hydroxylation sites is 1. The van der Waals surface area contributed by atoms with Crippen molar-refractivity contribution in [1.82, 2.24) is 9.97 Å². The molecule has 2 N–H and O–H groups in total. The van der Waals surface area contributed by atoms with Crippen molar-refractivity contribution in [2.45, 2.75) is 25.5 Å². The van der Waals surface area contributed by atoms with Crippen molar-refractivity contribution in [1.29, 1.82) is 0 Å². The van der Waals surface area contributed by atoms with Crippen LogP contribution in [0.5, 0.6) is 5.75 Å². The summed E-state index contributed by atoms with van der Waals surface area (Å²) < 4.78 is 5.74. The Labute approximate surface area is 123 Å². The Hall–Kier alpha value is -2.14. The van der Waals surface area contributed by atoms with Crippen LogP contribution in [0.15, 0.2) is 30.5 Å². The summed E-state index contributed by atoms with van der Waals surface area (Å²) in [6.45, 7) is 2.40. The standard InChI is InChI=1S/C16H18N4O/c17-12-5-7-20(8-6-12)16-18-9-11-10-21-14-4-2-1-3-13(14)15(11)19-16/h1-4,9,12H,5-8,10,17H2. The number of piperidine rings is 1. The number of hydrogen-bond acceptors (Lipinski definition) is 5. The largest absolute Gasteiger partial charge is 0.488 e. The Morgan fingerprint density at radius 1 is 1.19 bits per heavy atom. The molecule has 5 heteroatoms. The van der Waals surface area contributed by atoms with Gasteiger partial charge in [-0.05, 0) is 25.0 Å². The van der Waals surface area contributed by atoms with E-state index >= 15 is 0 Å². The van der Waals surface area contributed by atoms with E-state index in [-0.39, 0.29) is 0 Å². The van der Waals surface area contributed by atoms with Gasteiger partial charge in [0.05, 0.1) is 5.69 Å². The van der Waals surface area contributed by atoms with Gasteiger partial charge < -0.3 is 15.4 Å². The SMILES string of the molecule is NC1CCN(c2ncc3c(n2)-c2ccccc2OC3)CC1. The van der Waals surface area contributed by atoms with Gasteiger partial charge >= 0.3 is 0 Å². The first kappa shape index (κ1) is 12.6. The smallest absolute Gasteiger partial charge is 0.225 e. The predicted octanol–water partition coefficient (Wildman–Crippen LogP) is 1.96. The number of rotatable bonds is 1. The first-order valence-corrected chi connectivity index (χ1v) is 7.40. The zero-order valence-electron chi connectivity index (χ0n) is 11.8. The Balaban J connectivity index is 1.71. The van der Waals surface area contributed by atoms with Gasteiger partial charge in [0.2, 0.25) is 5.95 Å². The van der Waals surface area contributed by atoms with Crippen LogP contribution >= 0.6 is 0 Å². The van der Waals surface area contributed by atoms with Crippen LogP contribution in [-0.4, -0.2) is 29.1 Å². The number of fused-ring (bicyclic) bond motifs is 3. The van der Waals surface area contributed by atoms with E-state index in [0.717, 1.165) is 54.4 Å². The first-order chi connectivity index (χ1) is 10.3. The molecule has 21 heavy (non-hydrogen) atoms. The minimum absolute atomic E-state index is 0.313. The molecular weight excluding hydrogens is 264 g/mol. The lowest BCUT2D eigenvalue weighted by Gasteiger charge is -2.31. The van der Waals surface area contributed by atoms with Gasteiger partial charge in [-0.2, -0.15) is 0 Å². The number of benzene rings is 1. The van der Waals surface area contributed by atoms with Crippen molar-refractivity contribution in [2.24, 2.45) is 5.73 Å². The van der Waals surface area contributed by atoms with Gasteiger partial charge in [0, 0.05) is 36.5 Å². The fourth-order valence-corrected chi connectivity index (χ4v) is 2.93. The molecule has 108 valence electrons. The Morgan fingerprint density at radius 3 is 2.86 bits per heavy atom. The minimum atomic E-state index is 0.313. The van der Waals surface area contributed by atoms with Crippen LogP contribution in [0.2, 0.25) is 0 Å². The molecule has 0 bridgehead atoms. The zero-order valence-corrected chi connectivity index (χ0v) is 11.8. The summed E-state index contributed by atoms with van der Waals surface area (Å²) in [6, 6.07) is 8.35. The number of anilines is 1. The predicted molar refractivity (Wildman–Crippen MR) is 81.2 cm³/mol. The van der Waals surface area contributed by atoms with E-state index in [0.29, 0.717) is 12.6 Å². The quantitative estimate of drug-likeness (QED) is 0.866. The molecule has 5 nitrogen and oxygen atoms in total. The highest BCUT2D eigenvalue weighted by molar-refractivity contribution is 5.72. The number of hydrogen-bond donors (Lipinski definition) is 1. The molecule has 0 radical (unpaired) electrons. The van der Waals surface area contributed by atoms with E-state index in [4.69, 9.17) is 15.5 Å². The molecule has 3 heterocycles. The van der Waals surface area contributed by atoms with Gasteiger partial charge in [0.1, 0.15) is 12.4 Å². The molecule has 0 amide bonds. The fraction of sp³-hybridized carbons (Fsp3) is 0.375. The lowest BCUT2D eigenvalue weighted by atomic mass is 10.0. The van der Waals surface area contributed by atoms with Crippen LogP contribution in [0.1, 0.15) is 18.4 Å². The number of nitrogens with two attached hydrogens (primary N) is 1. The van der Waals surface area contributed by atoms with Crippen LogP contribution < -0.4 is 15.4 Å². The topological polar surface area (TPSA) is 64.3 Å². The maximum Gasteiger partial charge on any atom is 0.225 e. The molecule has 4 rings (SSSR count). The van der Waals surface area contributed by atoms with Gasteiger partial charge in [-0.3, -0.25) is 0 Å². The zero-order chi connectivity index (χ0) is 14.2. The molecule has 1 aromatic heterocycles. The van der Waals surface area contributed by atoms with E-state index in [1.165, 1.54) is 0 Å². The molecule has 0 aliphatic carbocycles. The molecular formula is C16H18N4O. The maximum absolute atomic E-state index is 5.97. The van der Waals surface area contributed by atoms with Crippen LogP contribution in [0, 0.1) is 0 Å². The molecule has 0 saturated carbocycles. The Kier molecular flexibility index (Phi) is 3.00. The van der Waals surface area contributed by atoms with E-state index < -0.39 is 0 Å². The Morgan fingerprint density at radius 2 is 2.00 bits per heavy atom. The third-order valence-corrected chi connectivity index (χ3v) is 4.20. The number of aromatic nitrogens is 2. The van der Waals surface area contributed by atoms with Crippen LogP contribution in [-0.2, 0) is 6.61 Å². The van der Waals surface area contributed by atoms with Crippen LogP contribution in [0.25, 0.3) is 11.3 Å². The van der Waals surface area contributed by atoms with Crippen molar-refractivity contribution >= 4 is 5.95 Å². The average Bonchev–Trinajstić information content (AvgIpc) is 2.55. The third kappa shape index (κ3) is 2.23. The Bertz CT molecular complexity index is 665. The molecule has 1 saturated heterocycles. The van der Waals surface area contributed by atoms with Gasteiger partial charge in [-0.1, -0.05) is 12.1 Å². The second kappa shape index (κ2) is 5.00. The van der Waals surface area contributed by atoms with Gasteiger partial charge in [0.25, 0.3) is 0 Å². The molecule has 0 atom stereocenters. The lowest BCUT2D eigenvalue weighted by molar-refractivity contribution is 0.301. The summed E-state index contributed by atoms with van der Waals surface area (Å²) in [7, 11) is 0. The van der Waals surface area contributed by atoms with E-state index in [9.17, 15) is 0 Å². The molecule has 2 aromatic rings. The highest BCUT2D eigenvalue weighted by Crippen LogP contribution is 2.36. The summed E-state index contributed by atoms with van der Waals surface area (Å²) in [4.78, 5) is 11.5. The fourth-order valence-electron chi connectivity index (χ4n) is 2.93. The second-order valence-electron chi connectivity index (χ2n) is 5.65. The van der Waals surface area contributed by atoms with Crippen molar-refractivity contribution in [3.05, 3.63) is 36.0 Å². The van der Waals surface area contributed by atoms with Gasteiger partial charge in [-0.15, -0.1) is 0 Å². The van der Waals surface area contributed by atoms with Crippen LogP contribution in [0.4, 0.5) is 5.95 Å². The van der Waals surface area contributed by atoms with Crippen LogP contribution in [0.3, 0.4) is 0 Å². The average molecular weight is 282 g/mol. The summed E-state index contributed by atoms with van der Waals surface area (Å²) in [5.41, 5.74) is 9.06. The first-order valence-electron chi connectivity index (χ1n) is 7.40. The normalized spacial score (nSPS) is 17.9. The van der Waals surface area contributed by atoms with Crippen molar-refractivity contribution in [3.8, 4) is 17.0 Å². The van der Waals surface area contributed by atoms with E-state index in [2.05, 4.69) is 16.0 Å². The third-order valence-electron chi connectivity index (χ3n) is 4.20.